The molecule has 2 rings (SSSR count). The molecule has 0 bridgehead atoms. The Hall–Kier alpha value is -1.68. The Balaban J connectivity index is 2.00. The molecule has 0 saturated carbocycles. The van der Waals surface area contributed by atoms with Crippen molar-refractivity contribution < 1.29 is 9.53 Å². The molecule has 0 aliphatic heterocycles. The van der Waals surface area contributed by atoms with Gasteiger partial charge < -0.3 is 9.72 Å². The maximum atomic E-state index is 11.2. The fraction of sp³-hybridized carbons (Fsp3) is 0.214. The predicted octanol–water partition coefficient (Wildman–Crippen LogP) is 3.38. The van der Waals surface area contributed by atoms with Crippen LogP contribution in [0.3, 0.4) is 0 Å². The topological polar surface area (TPSA) is 42.1 Å². The number of thioether (sulfide) groups is 1. The molecule has 0 radical (unpaired) electrons. The molecular weight excluding hydrogens is 246 g/mol. The van der Waals surface area contributed by atoms with Gasteiger partial charge in [0.05, 0.1) is 12.1 Å². The molecule has 1 aromatic heterocycles. The van der Waals surface area contributed by atoms with Gasteiger partial charge in [-0.1, -0.05) is 24.3 Å². The molecule has 94 valence electrons. The molecule has 3 nitrogen and oxygen atoms in total. The Kier molecular flexibility index (Phi) is 4.10. The van der Waals surface area contributed by atoms with Crippen molar-refractivity contribution in [2.24, 2.45) is 0 Å². The Morgan fingerprint density at radius 1 is 1.44 bits per heavy atom. The number of nitrogens with one attached hydrogen (secondary N) is 1. The third-order valence-corrected chi connectivity index (χ3v) is 3.51. The van der Waals surface area contributed by atoms with Crippen molar-refractivity contribution in [3.05, 3.63) is 42.0 Å². The van der Waals surface area contributed by atoms with Crippen LogP contribution in [0.4, 0.5) is 0 Å². The van der Waals surface area contributed by atoms with Gasteiger partial charge in [-0.25, -0.2) is 4.79 Å². The first kappa shape index (κ1) is 12.8. The van der Waals surface area contributed by atoms with Crippen molar-refractivity contribution >= 4 is 28.6 Å². The lowest BCUT2D eigenvalue weighted by atomic mass is 10.3. The van der Waals surface area contributed by atoms with Crippen molar-refractivity contribution in [2.45, 2.75) is 11.9 Å². The molecule has 2 aromatic rings. The Bertz CT molecular complexity index is 553. The molecule has 0 unspecified atom stereocenters. The Morgan fingerprint density at radius 2 is 2.22 bits per heavy atom. The second-order valence-corrected chi connectivity index (χ2v) is 4.97. The minimum atomic E-state index is -0.271. The van der Waals surface area contributed by atoms with E-state index in [9.17, 15) is 4.79 Å². The van der Waals surface area contributed by atoms with E-state index in [1.807, 2.05) is 18.2 Å². The van der Waals surface area contributed by atoms with Gasteiger partial charge in [0, 0.05) is 22.2 Å². The molecule has 0 aliphatic rings. The second kappa shape index (κ2) is 5.78. The molecular formula is C14H15NO2S. The lowest BCUT2D eigenvalue weighted by Gasteiger charge is -1.98. The van der Waals surface area contributed by atoms with Gasteiger partial charge in [-0.15, -0.1) is 11.8 Å². The SMILES string of the molecule is COC(=O)C(C)=CCSc1cc2ccccc2[nH]1. The number of hydrogen-bond acceptors (Lipinski definition) is 3. The van der Waals surface area contributed by atoms with Crippen molar-refractivity contribution in [1.82, 2.24) is 4.98 Å². The first-order valence-electron chi connectivity index (χ1n) is 5.66. The summed E-state index contributed by atoms with van der Waals surface area (Å²) in [7, 11) is 1.39. The van der Waals surface area contributed by atoms with Crippen molar-refractivity contribution in [3.8, 4) is 0 Å². The quantitative estimate of drug-likeness (QED) is 0.521. The zero-order chi connectivity index (χ0) is 13.0. The van der Waals surface area contributed by atoms with Crippen LogP contribution in [0, 0.1) is 0 Å². The van der Waals surface area contributed by atoms with E-state index in [-0.39, 0.29) is 5.97 Å². The van der Waals surface area contributed by atoms with Crippen molar-refractivity contribution in [3.63, 3.8) is 0 Å². The van der Waals surface area contributed by atoms with Crippen LogP contribution in [0.5, 0.6) is 0 Å². The molecule has 18 heavy (non-hydrogen) atoms. The van der Waals surface area contributed by atoms with E-state index in [1.165, 1.54) is 12.5 Å². The maximum Gasteiger partial charge on any atom is 0.333 e. The maximum absolute atomic E-state index is 11.2. The minimum absolute atomic E-state index is 0.271. The lowest BCUT2D eigenvalue weighted by molar-refractivity contribution is -0.136. The number of aromatic amines is 1. The van der Waals surface area contributed by atoms with Crippen LogP contribution in [-0.4, -0.2) is 23.8 Å². The van der Waals surface area contributed by atoms with Gasteiger partial charge in [-0.3, -0.25) is 0 Å². The summed E-state index contributed by atoms with van der Waals surface area (Å²) in [6.45, 7) is 1.76. The van der Waals surface area contributed by atoms with Crippen LogP contribution in [0.2, 0.25) is 0 Å². The third-order valence-electron chi connectivity index (χ3n) is 2.64. The smallest absolute Gasteiger partial charge is 0.333 e. The van der Waals surface area contributed by atoms with Crippen LogP contribution in [-0.2, 0) is 9.53 Å². The Morgan fingerprint density at radius 3 is 2.94 bits per heavy atom. The van der Waals surface area contributed by atoms with Crippen LogP contribution in [0.1, 0.15) is 6.92 Å². The molecule has 0 saturated heterocycles. The van der Waals surface area contributed by atoms with E-state index in [2.05, 4.69) is 27.9 Å². The fourth-order valence-corrected chi connectivity index (χ4v) is 2.53. The number of rotatable bonds is 4. The number of carbonyl (C=O) groups excluding carboxylic acids is 1. The van der Waals surface area contributed by atoms with E-state index in [4.69, 9.17) is 0 Å². The first-order valence-corrected chi connectivity index (χ1v) is 6.65. The summed E-state index contributed by atoms with van der Waals surface area (Å²) < 4.78 is 4.64. The summed E-state index contributed by atoms with van der Waals surface area (Å²) in [5.41, 5.74) is 1.77. The van der Waals surface area contributed by atoms with Crippen LogP contribution in [0.25, 0.3) is 10.9 Å². The van der Waals surface area contributed by atoms with Gasteiger partial charge in [-0.2, -0.15) is 0 Å². The average molecular weight is 261 g/mol. The number of ether oxygens (including phenoxy) is 1. The van der Waals surface area contributed by atoms with Crippen LogP contribution >= 0.6 is 11.8 Å². The van der Waals surface area contributed by atoms with Gasteiger partial charge in [-0.05, 0) is 19.1 Å². The summed E-state index contributed by atoms with van der Waals surface area (Å²) in [5, 5.41) is 2.30. The number of aromatic nitrogens is 1. The first-order chi connectivity index (χ1) is 8.70. The Labute approximate surface area is 110 Å². The van der Waals surface area contributed by atoms with Gasteiger partial charge in [0.25, 0.3) is 0 Å². The number of para-hydroxylation sites is 1. The molecule has 0 atom stereocenters. The molecule has 1 aromatic carbocycles. The van der Waals surface area contributed by atoms with Crippen LogP contribution in [0.15, 0.2) is 47.0 Å². The number of esters is 1. The number of methoxy groups -OCH3 is 1. The fourth-order valence-electron chi connectivity index (χ4n) is 1.63. The highest BCUT2D eigenvalue weighted by atomic mass is 32.2. The van der Waals surface area contributed by atoms with Gasteiger partial charge in [0.2, 0.25) is 0 Å². The van der Waals surface area contributed by atoms with Crippen molar-refractivity contribution in [2.75, 3.05) is 12.9 Å². The highest BCUT2D eigenvalue weighted by Crippen LogP contribution is 2.23. The average Bonchev–Trinajstić information content (AvgIpc) is 2.80. The van der Waals surface area contributed by atoms with Gasteiger partial charge in [0.15, 0.2) is 0 Å². The summed E-state index contributed by atoms with van der Waals surface area (Å²) in [6, 6.07) is 10.3. The summed E-state index contributed by atoms with van der Waals surface area (Å²) in [5.74, 6) is 0.473. The molecule has 4 heteroatoms. The minimum Gasteiger partial charge on any atom is -0.466 e. The number of benzene rings is 1. The highest BCUT2D eigenvalue weighted by Gasteiger charge is 2.03. The number of fused-ring (bicyclic) bond motifs is 1. The number of H-pyrrole nitrogens is 1. The van der Waals surface area contributed by atoms with E-state index < -0.39 is 0 Å². The van der Waals surface area contributed by atoms with Gasteiger partial charge >= 0.3 is 5.97 Å². The van der Waals surface area contributed by atoms with Gasteiger partial charge in [0.1, 0.15) is 0 Å². The zero-order valence-corrected chi connectivity index (χ0v) is 11.2. The van der Waals surface area contributed by atoms with E-state index in [1.54, 1.807) is 18.7 Å². The molecule has 0 spiro atoms. The number of hydrogen-bond donors (Lipinski definition) is 1. The van der Waals surface area contributed by atoms with E-state index >= 15 is 0 Å². The van der Waals surface area contributed by atoms with E-state index in [0.29, 0.717) is 5.57 Å². The predicted molar refractivity (Wildman–Crippen MR) is 74.8 cm³/mol. The van der Waals surface area contributed by atoms with Crippen LogP contribution < -0.4 is 0 Å². The van der Waals surface area contributed by atoms with Crippen molar-refractivity contribution in [1.29, 1.82) is 0 Å². The number of carbonyl (C=O) groups is 1. The zero-order valence-electron chi connectivity index (χ0n) is 10.4. The molecule has 1 N–H and O–H groups in total. The van der Waals surface area contributed by atoms with E-state index in [0.717, 1.165) is 16.3 Å². The second-order valence-electron chi connectivity index (χ2n) is 3.91. The summed E-state index contributed by atoms with van der Waals surface area (Å²) in [6.07, 6.45) is 1.88. The largest absolute Gasteiger partial charge is 0.466 e. The molecule has 1 heterocycles. The lowest BCUT2D eigenvalue weighted by Crippen LogP contribution is -2.01. The molecule has 0 aliphatic carbocycles. The summed E-state index contributed by atoms with van der Waals surface area (Å²) >= 11 is 1.66. The summed E-state index contributed by atoms with van der Waals surface area (Å²) in [4.78, 5) is 14.5. The molecule has 0 amide bonds. The third kappa shape index (κ3) is 2.96. The monoisotopic (exact) mass is 261 g/mol. The normalized spacial score (nSPS) is 11.8. The standard InChI is InChI=1S/C14H15NO2S/c1-10(14(16)17-2)7-8-18-13-9-11-5-3-4-6-12(11)15-13/h3-7,9,15H,8H2,1-2H3. The highest BCUT2D eigenvalue weighted by molar-refractivity contribution is 7.99. The molecule has 0 fully saturated rings.